The Morgan fingerprint density at radius 2 is 1.96 bits per heavy atom. The second-order valence-electron chi connectivity index (χ2n) is 6.56. The molecule has 1 aromatic carbocycles. The van der Waals surface area contributed by atoms with Crippen molar-refractivity contribution in [2.45, 2.75) is 32.4 Å². The zero-order chi connectivity index (χ0) is 17.7. The molecule has 7 heteroatoms. The Hall–Kier alpha value is -1.46. The van der Waals surface area contributed by atoms with Crippen molar-refractivity contribution in [3.05, 3.63) is 35.4 Å². The summed E-state index contributed by atoms with van der Waals surface area (Å²) in [4.78, 5) is 2.28. The molecule has 1 N–H and O–H groups in total. The van der Waals surface area contributed by atoms with E-state index in [2.05, 4.69) is 22.6 Å². The number of benzene rings is 1. The maximum Gasteiger partial charge on any atom is 0.279 e. The molecule has 2 atom stereocenters. The standard InChI is InChI=1S/C17H26N4O2S/c1-4-5-16-12-21(11-15-8-6-14(10-18)7-9-15)13-17(16)19-24(22,23)20(2)3/h6-9,16-17,19H,4-5,11-13H2,1-3H3/t16-,17-/m1/s1. The fourth-order valence-electron chi connectivity index (χ4n) is 3.13. The van der Waals surface area contributed by atoms with Crippen LogP contribution in [0.2, 0.25) is 0 Å². The Balaban J connectivity index is 2.04. The lowest BCUT2D eigenvalue weighted by Gasteiger charge is -2.21. The van der Waals surface area contributed by atoms with E-state index in [-0.39, 0.29) is 6.04 Å². The average Bonchev–Trinajstić information content (AvgIpc) is 2.89. The molecule has 24 heavy (non-hydrogen) atoms. The van der Waals surface area contributed by atoms with Gasteiger partial charge in [0.1, 0.15) is 0 Å². The highest BCUT2D eigenvalue weighted by atomic mass is 32.2. The van der Waals surface area contributed by atoms with E-state index in [4.69, 9.17) is 5.26 Å². The first kappa shape index (κ1) is 18.9. The summed E-state index contributed by atoms with van der Waals surface area (Å²) >= 11 is 0. The summed E-state index contributed by atoms with van der Waals surface area (Å²) in [5, 5.41) is 8.86. The highest BCUT2D eigenvalue weighted by molar-refractivity contribution is 7.87. The predicted octanol–water partition coefficient (Wildman–Crippen LogP) is 1.55. The number of likely N-dealkylation sites (tertiary alicyclic amines) is 1. The minimum Gasteiger partial charge on any atom is -0.297 e. The van der Waals surface area contributed by atoms with Crippen molar-refractivity contribution in [2.75, 3.05) is 27.2 Å². The van der Waals surface area contributed by atoms with E-state index in [1.807, 2.05) is 24.3 Å². The largest absolute Gasteiger partial charge is 0.297 e. The van der Waals surface area contributed by atoms with Crippen LogP contribution in [0.25, 0.3) is 0 Å². The average molecular weight is 350 g/mol. The highest BCUT2D eigenvalue weighted by Gasteiger charge is 2.35. The molecular formula is C17H26N4O2S. The third-order valence-corrected chi connectivity index (χ3v) is 6.01. The van der Waals surface area contributed by atoms with E-state index in [0.29, 0.717) is 18.0 Å². The van der Waals surface area contributed by atoms with E-state index in [1.54, 1.807) is 14.1 Å². The van der Waals surface area contributed by atoms with Gasteiger partial charge in [0, 0.05) is 39.8 Å². The minimum atomic E-state index is -3.42. The van der Waals surface area contributed by atoms with Gasteiger partial charge in [0.2, 0.25) is 0 Å². The summed E-state index contributed by atoms with van der Waals surface area (Å²) in [6.07, 6.45) is 2.04. The first-order valence-electron chi connectivity index (χ1n) is 8.27. The Bertz CT molecular complexity index is 680. The van der Waals surface area contributed by atoms with Crippen LogP contribution in [-0.2, 0) is 16.8 Å². The second kappa shape index (κ2) is 8.08. The number of rotatable bonds is 7. The molecular weight excluding hydrogens is 324 g/mol. The lowest BCUT2D eigenvalue weighted by Crippen LogP contribution is -2.45. The first-order chi connectivity index (χ1) is 11.4. The predicted molar refractivity (Wildman–Crippen MR) is 94.4 cm³/mol. The van der Waals surface area contributed by atoms with Gasteiger partial charge in [0.25, 0.3) is 10.2 Å². The number of nitriles is 1. The number of hydrogen-bond acceptors (Lipinski definition) is 4. The maximum absolute atomic E-state index is 12.1. The highest BCUT2D eigenvalue weighted by Crippen LogP contribution is 2.24. The zero-order valence-corrected chi connectivity index (χ0v) is 15.4. The summed E-state index contributed by atoms with van der Waals surface area (Å²) < 4.78 is 28.3. The monoisotopic (exact) mass is 350 g/mol. The second-order valence-corrected chi connectivity index (χ2v) is 8.48. The van der Waals surface area contributed by atoms with Crippen molar-refractivity contribution < 1.29 is 8.42 Å². The molecule has 0 amide bonds. The van der Waals surface area contributed by atoms with Crippen molar-refractivity contribution >= 4 is 10.2 Å². The molecule has 0 aromatic heterocycles. The maximum atomic E-state index is 12.1. The molecule has 0 unspecified atom stereocenters. The summed E-state index contributed by atoms with van der Waals surface area (Å²) in [5.74, 6) is 0.322. The molecule has 2 rings (SSSR count). The van der Waals surface area contributed by atoms with E-state index in [0.717, 1.165) is 31.5 Å². The van der Waals surface area contributed by atoms with Crippen molar-refractivity contribution in [3.63, 3.8) is 0 Å². The lowest BCUT2D eigenvalue weighted by molar-refractivity contribution is 0.312. The molecule has 132 valence electrons. The fraction of sp³-hybridized carbons (Fsp3) is 0.588. The van der Waals surface area contributed by atoms with Crippen molar-refractivity contribution in [3.8, 4) is 6.07 Å². The quantitative estimate of drug-likeness (QED) is 0.809. The van der Waals surface area contributed by atoms with Crippen molar-refractivity contribution in [1.82, 2.24) is 13.9 Å². The SMILES string of the molecule is CCC[C@@H]1CN(Cc2ccc(C#N)cc2)C[C@H]1NS(=O)(=O)N(C)C. The molecule has 0 radical (unpaired) electrons. The van der Waals surface area contributed by atoms with Crippen LogP contribution in [0.15, 0.2) is 24.3 Å². The fourth-order valence-corrected chi connectivity index (χ4v) is 3.99. The zero-order valence-electron chi connectivity index (χ0n) is 14.6. The summed E-state index contributed by atoms with van der Waals surface area (Å²) in [6.45, 7) is 4.49. The van der Waals surface area contributed by atoms with Crippen LogP contribution in [0, 0.1) is 17.2 Å². The molecule has 1 heterocycles. The van der Waals surface area contributed by atoms with E-state index < -0.39 is 10.2 Å². The normalized spacial score (nSPS) is 22.0. The van der Waals surface area contributed by atoms with Gasteiger partial charge in [-0.15, -0.1) is 0 Å². The Morgan fingerprint density at radius 1 is 1.29 bits per heavy atom. The lowest BCUT2D eigenvalue weighted by atomic mass is 9.99. The summed E-state index contributed by atoms with van der Waals surface area (Å²) in [5.41, 5.74) is 1.79. The van der Waals surface area contributed by atoms with Crippen molar-refractivity contribution in [2.24, 2.45) is 5.92 Å². The smallest absolute Gasteiger partial charge is 0.279 e. The van der Waals surface area contributed by atoms with Gasteiger partial charge in [-0.25, -0.2) is 0 Å². The van der Waals surface area contributed by atoms with Gasteiger partial charge in [-0.2, -0.15) is 22.7 Å². The molecule has 0 aliphatic carbocycles. The van der Waals surface area contributed by atoms with Gasteiger partial charge in [0.15, 0.2) is 0 Å². The molecule has 1 aliphatic rings. The molecule has 1 saturated heterocycles. The topological polar surface area (TPSA) is 76.4 Å². The van der Waals surface area contributed by atoms with Gasteiger partial charge in [-0.3, -0.25) is 4.90 Å². The Morgan fingerprint density at radius 3 is 2.50 bits per heavy atom. The molecule has 1 fully saturated rings. The molecule has 1 aliphatic heterocycles. The van der Waals surface area contributed by atoms with Gasteiger partial charge in [0.05, 0.1) is 11.6 Å². The minimum absolute atomic E-state index is 0.0595. The van der Waals surface area contributed by atoms with Crippen LogP contribution >= 0.6 is 0 Å². The number of hydrogen-bond donors (Lipinski definition) is 1. The van der Waals surface area contributed by atoms with Crippen LogP contribution in [0.5, 0.6) is 0 Å². The van der Waals surface area contributed by atoms with E-state index in [1.165, 1.54) is 4.31 Å². The third-order valence-electron chi connectivity index (χ3n) is 4.45. The molecule has 1 aromatic rings. The first-order valence-corrected chi connectivity index (χ1v) is 9.71. The van der Waals surface area contributed by atoms with Crippen molar-refractivity contribution in [1.29, 1.82) is 5.26 Å². The van der Waals surface area contributed by atoms with E-state index in [9.17, 15) is 8.42 Å². The number of nitrogens with zero attached hydrogens (tertiary/aromatic N) is 3. The van der Waals surface area contributed by atoms with Crippen LogP contribution in [0.3, 0.4) is 0 Å². The van der Waals surface area contributed by atoms with Crippen LogP contribution in [-0.4, -0.2) is 50.8 Å². The van der Waals surface area contributed by atoms with Gasteiger partial charge in [-0.1, -0.05) is 25.5 Å². The van der Waals surface area contributed by atoms with Crippen LogP contribution in [0.4, 0.5) is 0 Å². The van der Waals surface area contributed by atoms with Crippen LogP contribution in [0.1, 0.15) is 30.9 Å². The number of nitrogens with one attached hydrogen (secondary N) is 1. The Labute approximate surface area is 145 Å². The van der Waals surface area contributed by atoms with E-state index >= 15 is 0 Å². The molecule has 0 bridgehead atoms. The third kappa shape index (κ3) is 4.77. The molecule has 0 saturated carbocycles. The molecule has 6 nitrogen and oxygen atoms in total. The van der Waals surface area contributed by atoms with Gasteiger partial charge in [-0.05, 0) is 30.0 Å². The molecule has 0 spiro atoms. The van der Waals surface area contributed by atoms with Crippen LogP contribution < -0.4 is 4.72 Å². The summed E-state index contributed by atoms with van der Waals surface area (Å²) in [7, 11) is -0.333. The van der Waals surface area contributed by atoms with Gasteiger partial charge >= 0.3 is 0 Å². The van der Waals surface area contributed by atoms with Gasteiger partial charge < -0.3 is 0 Å². The summed E-state index contributed by atoms with van der Waals surface area (Å²) in [6, 6.07) is 9.63. The Kier molecular flexibility index (Phi) is 6.35.